The zero-order chi connectivity index (χ0) is 24.2. The van der Waals surface area contributed by atoms with E-state index in [1.165, 1.54) is 62.8 Å². The molecule has 7 nitrogen and oxygen atoms in total. The van der Waals surface area contributed by atoms with E-state index in [9.17, 15) is 17.6 Å². The molecule has 0 fully saturated rings. The Bertz CT molecular complexity index is 1280. The van der Waals surface area contributed by atoms with E-state index in [0.29, 0.717) is 10.6 Å². The number of anilines is 1. The van der Waals surface area contributed by atoms with Gasteiger partial charge >= 0.3 is 0 Å². The van der Waals surface area contributed by atoms with Crippen molar-refractivity contribution in [3.63, 3.8) is 0 Å². The molecule has 174 valence electrons. The monoisotopic (exact) mass is 492 g/mol. The molecule has 3 rings (SSSR count). The number of carbonyl (C=O) groups is 1. The number of sulfonamides is 1. The van der Waals surface area contributed by atoms with Crippen molar-refractivity contribution < 1.29 is 27.1 Å². The van der Waals surface area contributed by atoms with Gasteiger partial charge in [-0.2, -0.15) is 0 Å². The van der Waals surface area contributed by atoms with Crippen molar-refractivity contribution in [2.45, 2.75) is 17.9 Å². The van der Waals surface area contributed by atoms with Crippen LogP contribution in [0.25, 0.3) is 0 Å². The van der Waals surface area contributed by atoms with E-state index >= 15 is 0 Å². The van der Waals surface area contributed by atoms with Gasteiger partial charge < -0.3 is 14.8 Å². The maximum atomic E-state index is 14.0. The lowest BCUT2D eigenvalue weighted by Crippen LogP contribution is -2.27. The van der Waals surface area contributed by atoms with E-state index in [-0.39, 0.29) is 27.6 Å². The van der Waals surface area contributed by atoms with Crippen LogP contribution in [0.3, 0.4) is 0 Å². The maximum Gasteiger partial charge on any atom is 0.262 e. The Morgan fingerprint density at radius 2 is 1.70 bits per heavy atom. The van der Waals surface area contributed by atoms with Crippen LogP contribution in [0.2, 0.25) is 5.02 Å². The molecular formula is C23H22ClFN2O5S. The molecule has 0 aliphatic heterocycles. The number of ether oxygens (including phenoxy) is 2. The molecule has 0 saturated carbocycles. The molecule has 0 saturated heterocycles. The van der Waals surface area contributed by atoms with Gasteiger partial charge in [0.1, 0.15) is 5.75 Å². The molecular weight excluding hydrogens is 471 g/mol. The Kier molecular flexibility index (Phi) is 7.45. The molecule has 0 aromatic heterocycles. The summed E-state index contributed by atoms with van der Waals surface area (Å²) in [5.41, 5.74) is 0.812. The minimum atomic E-state index is -4.04. The van der Waals surface area contributed by atoms with Gasteiger partial charge in [-0.1, -0.05) is 23.7 Å². The molecule has 1 atom stereocenters. The molecule has 0 aliphatic carbocycles. The molecule has 3 aromatic carbocycles. The Hall–Kier alpha value is -3.30. The first kappa shape index (κ1) is 24.3. The smallest absolute Gasteiger partial charge is 0.262 e. The van der Waals surface area contributed by atoms with E-state index in [0.717, 1.165) is 0 Å². The van der Waals surface area contributed by atoms with Crippen LogP contribution in [-0.4, -0.2) is 28.5 Å². The first-order chi connectivity index (χ1) is 15.6. The van der Waals surface area contributed by atoms with Crippen molar-refractivity contribution in [2.75, 3.05) is 18.9 Å². The van der Waals surface area contributed by atoms with Crippen molar-refractivity contribution >= 4 is 33.2 Å². The summed E-state index contributed by atoms with van der Waals surface area (Å²) in [6.07, 6.45) is 0. The lowest BCUT2D eigenvalue weighted by atomic mass is 10.1. The Morgan fingerprint density at radius 3 is 2.36 bits per heavy atom. The number of amides is 1. The molecule has 2 N–H and O–H groups in total. The summed E-state index contributed by atoms with van der Waals surface area (Å²) < 4.78 is 52.3. The normalized spacial score (nSPS) is 12.0. The number of nitrogens with one attached hydrogen (secondary N) is 2. The van der Waals surface area contributed by atoms with Crippen LogP contribution >= 0.6 is 11.6 Å². The third-order valence-electron chi connectivity index (χ3n) is 4.84. The predicted octanol–water partition coefficient (Wildman–Crippen LogP) is 4.79. The van der Waals surface area contributed by atoms with Gasteiger partial charge in [-0.25, -0.2) is 12.8 Å². The van der Waals surface area contributed by atoms with Crippen LogP contribution in [0.5, 0.6) is 11.5 Å². The highest BCUT2D eigenvalue weighted by atomic mass is 35.5. The first-order valence-electron chi connectivity index (χ1n) is 9.75. The van der Waals surface area contributed by atoms with Crippen LogP contribution in [0, 0.1) is 5.82 Å². The lowest BCUT2D eigenvalue weighted by molar-refractivity contribution is 0.0939. The first-order valence-corrected chi connectivity index (χ1v) is 11.6. The van der Waals surface area contributed by atoms with Crippen molar-refractivity contribution in [1.29, 1.82) is 0 Å². The van der Waals surface area contributed by atoms with Gasteiger partial charge in [0.25, 0.3) is 15.9 Å². The highest BCUT2D eigenvalue weighted by molar-refractivity contribution is 7.92. The van der Waals surface area contributed by atoms with Gasteiger partial charge in [-0.05, 0) is 61.0 Å². The second-order valence-corrected chi connectivity index (χ2v) is 9.19. The fraction of sp³-hybridized carbons (Fsp3) is 0.174. The molecule has 3 aromatic rings. The molecule has 0 unspecified atom stereocenters. The number of benzene rings is 3. The third-order valence-corrected chi connectivity index (χ3v) is 6.43. The molecule has 33 heavy (non-hydrogen) atoms. The highest BCUT2D eigenvalue weighted by Gasteiger charge is 2.20. The fourth-order valence-corrected chi connectivity index (χ4v) is 4.36. The summed E-state index contributed by atoms with van der Waals surface area (Å²) in [5.74, 6) is -0.681. The molecule has 0 aliphatic rings. The number of halogens is 2. The summed E-state index contributed by atoms with van der Waals surface area (Å²) in [7, 11) is -1.28. The van der Waals surface area contributed by atoms with E-state index in [4.69, 9.17) is 21.1 Å². The quantitative estimate of drug-likeness (QED) is 0.471. The third kappa shape index (κ3) is 5.74. The van der Waals surface area contributed by atoms with Crippen LogP contribution in [0.1, 0.15) is 28.9 Å². The van der Waals surface area contributed by atoms with Gasteiger partial charge in [-0.3, -0.25) is 9.52 Å². The number of hydrogen-bond donors (Lipinski definition) is 2. The second kappa shape index (κ2) is 10.1. The van der Waals surface area contributed by atoms with E-state index in [2.05, 4.69) is 10.0 Å². The number of rotatable bonds is 8. The largest absolute Gasteiger partial charge is 0.495 e. The number of methoxy groups -OCH3 is 2. The molecule has 10 heteroatoms. The topological polar surface area (TPSA) is 93.7 Å². The summed E-state index contributed by atoms with van der Waals surface area (Å²) in [5, 5.41) is 3.06. The lowest BCUT2D eigenvalue weighted by Gasteiger charge is -2.16. The average molecular weight is 493 g/mol. The van der Waals surface area contributed by atoms with Crippen LogP contribution in [0.15, 0.2) is 65.6 Å². The van der Waals surface area contributed by atoms with E-state index < -0.39 is 27.8 Å². The summed E-state index contributed by atoms with van der Waals surface area (Å²) in [4.78, 5) is 12.6. The molecule has 0 radical (unpaired) electrons. The standard InChI is InChI=1S/C23H22ClFN2O5S/c1-14(15-7-9-21(31-2)19(25)12-15)26-23(28)16-5-4-6-18(11-16)33(29,30)27-20-13-17(24)8-10-22(20)32-3/h4-14,27H,1-3H3,(H,26,28)/t14-/m1/s1. The SMILES string of the molecule is COc1ccc([C@@H](C)NC(=O)c2cccc(S(=O)(=O)Nc3cc(Cl)ccc3OC)c2)cc1F. The summed E-state index contributed by atoms with van der Waals surface area (Å²) >= 11 is 5.97. The highest BCUT2D eigenvalue weighted by Crippen LogP contribution is 2.30. The van der Waals surface area contributed by atoms with Crippen molar-refractivity contribution in [1.82, 2.24) is 5.32 Å². The van der Waals surface area contributed by atoms with E-state index in [1.54, 1.807) is 19.1 Å². The van der Waals surface area contributed by atoms with Gasteiger partial charge in [0.05, 0.1) is 30.8 Å². The van der Waals surface area contributed by atoms with Crippen LogP contribution in [0.4, 0.5) is 10.1 Å². The summed E-state index contributed by atoms with van der Waals surface area (Å²) in [6.45, 7) is 1.69. The Balaban J connectivity index is 1.80. The van der Waals surface area contributed by atoms with Gasteiger partial charge in [0.15, 0.2) is 11.6 Å². The molecule has 0 bridgehead atoms. The Labute approximate surface area is 196 Å². The summed E-state index contributed by atoms with van der Waals surface area (Å²) in [6, 6.07) is 13.9. The van der Waals surface area contributed by atoms with Crippen molar-refractivity contribution in [3.05, 3.63) is 82.6 Å². The molecule has 1 amide bonds. The van der Waals surface area contributed by atoms with Crippen LogP contribution < -0.4 is 19.5 Å². The van der Waals surface area contributed by atoms with Gasteiger partial charge in [0.2, 0.25) is 0 Å². The van der Waals surface area contributed by atoms with Crippen molar-refractivity contribution in [2.24, 2.45) is 0 Å². The zero-order valence-electron chi connectivity index (χ0n) is 18.1. The minimum absolute atomic E-state index is 0.0963. The maximum absolute atomic E-state index is 14.0. The van der Waals surface area contributed by atoms with Crippen LogP contribution in [-0.2, 0) is 10.0 Å². The minimum Gasteiger partial charge on any atom is -0.495 e. The number of carbonyl (C=O) groups excluding carboxylic acids is 1. The average Bonchev–Trinajstić information content (AvgIpc) is 2.79. The fourth-order valence-electron chi connectivity index (χ4n) is 3.08. The van der Waals surface area contributed by atoms with E-state index in [1.807, 2.05) is 0 Å². The molecule has 0 spiro atoms. The number of hydrogen-bond acceptors (Lipinski definition) is 5. The molecule has 0 heterocycles. The Morgan fingerprint density at radius 1 is 1.00 bits per heavy atom. The predicted molar refractivity (Wildman–Crippen MR) is 124 cm³/mol. The second-order valence-electron chi connectivity index (χ2n) is 7.07. The van der Waals surface area contributed by atoms with Gasteiger partial charge in [0, 0.05) is 10.6 Å². The zero-order valence-corrected chi connectivity index (χ0v) is 19.6. The van der Waals surface area contributed by atoms with Gasteiger partial charge in [-0.15, -0.1) is 0 Å². The van der Waals surface area contributed by atoms with Crippen molar-refractivity contribution in [3.8, 4) is 11.5 Å².